The molecule has 3 aliphatic rings. The Kier molecular flexibility index (Phi) is 5.61. The lowest BCUT2D eigenvalue weighted by molar-refractivity contribution is -0.143. The van der Waals surface area contributed by atoms with Crippen LogP contribution < -0.4 is 4.74 Å². The molecule has 28 heavy (non-hydrogen) atoms. The summed E-state index contributed by atoms with van der Waals surface area (Å²) in [5.41, 5.74) is 1.38. The molecule has 0 unspecified atom stereocenters. The van der Waals surface area contributed by atoms with Gasteiger partial charge in [-0.25, -0.2) is 0 Å². The van der Waals surface area contributed by atoms with Gasteiger partial charge in [-0.05, 0) is 62.6 Å². The monoisotopic (exact) mass is 384 g/mol. The van der Waals surface area contributed by atoms with Crippen molar-refractivity contribution in [2.45, 2.75) is 63.8 Å². The van der Waals surface area contributed by atoms with Gasteiger partial charge in [0, 0.05) is 43.9 Å². The molecule has 152 valence electrons. The third kappa shape index (κ3) is 4.34. The average molecular weight is 385 g/mol. The number of hydrogen-bond acceptors (Lipinski definition) is 3. The van der Waals surface area contributed by atoms with Crippen LogP contribution in [0, 0.1) is 5.41 Å². The van der Waals surface area contributed by atoms with Gasteiger partial charge >= 0.3 is 0 Å². The summed E-state index contributed by atoms with van der Waals surface area (Å²) in [7, 11) is 1.67. The van der Waals surface area contributed by atoms with E-state index in [-0.39, 0.29) is 11.3 Å². The lowest BCUT2D eigenvalue weighted by atomic mass is 9.73. The van der Waals surface area contributed by atoms with Crippen molar-refractivity contribution in [2.75, 3.05) is 26.7 Å². The highest BCUT2D eigenvalue weighted by Gasteiger charge is 2.46. The van der Waals surface area contributed by atoms with E-state index in [0.29, 0.717) is 24.8 Å². The number of rotatable bonds is 6. The maximum absolute atomic E-state index is 12.8. The molecule has 0 bridgehead atoms. The number of hydrogen-bond donors (Lipinski definition) is 0. The summed E-state index contributed by atoms with van der Waals surface area (Å²) in [5, 5.41) is 0. The minimum absolute atomic E-state index is 0.139. The predicted molar refractivity (Wildman–Crippen MR) is 108 cm³/mol. The smallest absolute Gasteiger partial charge is 0.222 e. The maximum atomic E-state index is 12.8. The summed E-state index contributed by atoms with van der Waals surface area (Å²) in [5.74, 6) is 1.48. The molecule has 1 atom stereocenters. The molecule has 5 heteroatoms. The van der Waals surface area contributed by atoms with E-state index in [9.17, 15) is 9.59 Å². The van der Waals surface area contributed by atoms with E-state index in [2.05, 4.69) is 21.9 Å². The number of piperidine rings is 2. The Morgan fingerprint density at radius 3 is 2.68 bits per heavy atom. The second kappa shape index (κ2) is 8.14. The van der Waals surface area contributed by atoms with Crippen molar-refractivity contribution in [3.05, 3.63) is 29.8 Å². The number of aryl methyl sites for hydroxylation is 1. The topological polar surface area (TPSA) is 49.9 Å². The van der Waals surface area contributed by atoms with Gasteiger partial charge < -0.3 is 14.5 Å². The number of carbonyl (C=O) groups is 2. The minimum atomic E-state index is 0.139. The summed E-state index contributed by atoms with van der Waals surface area (Å²) in [6, 6.07) is 8.58. The molecule has 2 aliphatic heterocycles. The Labute approximate surface area is 168 Å². The van der Waals surface area contributed by atoms with Crippen molar-refractivity contribution in [3.63, 3.8) is 0 Å². The molecule has 1 spiro atoms. The summed E-state index contributed by atoms with van der Waals surface area (Å²) < 4.78 is 5.19. The quantitative estimate of drug-likeness (QED) is 0.755. The van der Waals surface area contributed by atoms with E-state index in [0.717, 1.165) is 70.3 Å². The first kappa shape index (κ1) is 19.3. The lowest BCUT2D eigenvalue weighted by Crippen LogP contribution is -2.55. The van der Waals surface area contributed by atoms with Gasteiger partial charge in [0.05, 0.1) is 7.11 Å². The maximum Gasteiger partial charge on any atom is 0.222 e. The van der Waals surface area contributed by atoms with E-state index in [1.54, 1.807) is 7.11 Å². The van der Waals surface area contributed by atoms with Crippen LogP contribution in [0.25, 0.3) is 0 Å². The van der Waals surface area contributed by atoms with Crippen LogP contribution in [-0.2, 0) is 16.0 Å². The predicted octanol–water partition coefficient (Wildman–Crippen LogP) is 3.41. The van der Waals surface area contributed by atoms with Gasteiger partial charge in [-0.15, -0.1) is 0 Å². The van der Waals surface area contributed by atoms with Gasteiger partial charge in [0.2, 0.25) is 11.8 Å². The van der Waals surface area contributed by atoms with Crippen molar-refractivity contribution in [3.8, 4) is 5.75 Å². The Morgan fingerprint density at radius 1 is 1.18 bits per heavy atom. The van der Waals surface area contributed by atoms with E-state index >= 15 is 0 Å². The van der Waals surface area contributed by atoms with Gasteiger partial charge in [0.25, 0.3) is 0 Å². The summed E-state index contributed by atoms with van der Waals surface area (Å²) in [6.45, 7) is 2.58. The van der Waals surface area contributed by atoms with Crippen LogP contribution in [0.2, 0.25) is 0 Å². The van der Waals surface area contributed by atoms with Crippen molar-refractivity contribution in [1.82, 2.24) is 9.80 Å². The van der Waals surface area contributed by atoms with Crippen LogP contribution in [-0.4, -0.2) is 54.4 Å². The zero-order valence-electron chi connectivity index (χ0n) is 17.0. The normalized spacial score (nSPS) is 25.2. The number of methoxy groups -OCH3 is 1. The van der Waals surface area contributed by atoms with Gasteiger partial charge in [-0.1, -0.05) is 12.1 Å². The first-order chi connectivity index (χ1) is 13.6. The van der Waals surface area contributed by atoms with Crippen molar-refractivity contribution in [2.24, 2.45) is 5.41 Å². The molecule has 1 aromatic rings. The van der Waals surface area contributed by atoms with Crippen molar-refractivity contribution < 1.29 is 14.3 Å². The fraction of sp³-hybridized carbons (Fsp3) is 0.652. The molecule has 0 radical (unpaired) electrons. The number of benzene rings is 1. The van der Waals surface area contributed by atoms with Crippen LogP contribution in [0.4, 0.5) is 0 Å². The highest BCUT2D eigenvalue weighted by atomic mass is 16.5. The summed E-state index contributed by atoms with van der Waals surface area (Å²) in [6.07, 6.45) is 8.55. The SMILES string of the molecule is COc1ccc(CCCC(=O)N2CCC[C@]3(CCC(=O)N(C4CC4)C3)C2)cc1. The van der Waals surface area contributed by atoms with E-state index in [1.165, 1.54) is 5.56 Å². The third-order valence-corrected chi connectivity index (χ3v) is 6.71. The van der Waals surface area contributed by atoms with E-state index in [4.69, 9.17) is 4.74 Å². The third-order valence-electron chi connectivity index (χ3n) is 6.71. The Hall–Kier alpha value is -2.04. The number of likely N-dealkylation sites (tertiary alicyclic amines) is 2. The van der Waals surface area contributed by atoms with Crippen LogP contribution in [0.3, 0.4) is 0 Å². The first-order valence-corrected chi connectivity index (χ1v) is 10.8. The molecular formula is C23H32N2O3. The summed E-state index contributed by atoms with van der Waals surface area (Å²) >= 11 is 0. The largest absolute Gasteiger partial charge is 0.497 e. The standard InChI is InChI=1S/C23H32N2O3/c1-28-20-10-6-18(7-11-20)4-2-5-21(26)24-15-3-13-23(16-24)14-12-22(27)25(17-23)19-8-9-19/h6-7,10-11,19H,2-5,8-9,12-17H2,1H3/t23-/m0/s1. The second-order valence-electron chi connectivity index (χ2n) is 8.87. The first-order valence-electron chi connectivity index (χ1n) is 10.8. The van der Waals surface area contributed by atoms with Gasteiger partial charge in [-0.3, -0.25) is 9.59 Å². The summed E-state index contributed by atoms with van der Waals surface area (Å²) in [4.78, 5) is 29.3. The molecular weight excluding hydrogens is 352 g/mol. The minimum Gasteiger partial charge on any atom is -0.497 e. The molecule has 2 heterocycles. The molecule has 0 aromatic heterocycles. The molecule has 4 rings (SSSR count). The van der Waals surface area contributed by atoms with Crippen molar-refractivity contribution in [1.29, 1.82) is 0 Å². The zero-order chi connectivity index (χ0) is 19.6. The second-order valence-corrected chi connectivity index (χ2v) is 8.87. The van der Waals surface area contributed by atoms with Gasteiger partial charge in [0.15, 0.2) is 0 Å². The molecule has 1 aliphatic carbocycles. The molecule has 2 amide bonds. The lowest BCUT2D eigenvalue weighted by Gasteiger charge is -2.48. The number of carbonyl (C=O) groups excluding carboxylic acids is 2. The molecule has 5 nitrogen and oxygen atoms in total. The fourth-order valence-electron chi connectivity index (χ4n) is 4.91. The molecule has 1 saturated carbocycles. The number of nitrogens with zero attached hydrogens (tertiary/aromatic N) is 2. The van der Waals surface area contributed by atoms with E-state index in [1.807, 2.05) is 12.1 Å². The van der Waals surface area contributed by atoms with Crippen LogP contribution in [0.15, 0.2) is 24.3 Å². The number of ether oxygens (including phenoxy) is 1. The average Bonchev–Trinajstić information content (AvgIpc) is 3.56. The molecule has 3 fully saturated rings. The zero-order valence-corrected chi connectivity index (χ0v) is 17.0. The molecule has 2 saturated heterocycles. The molecule has 1 aromatic carbocycles. The van der Waals surface area contributed by atoms with Crippen LogP contribution >= 0.6 is 0 Å². The van der Waals surface area contributed by atoms with E-state index < -0.39 is 0 Å². The van der Waals surface area contributed by atoms with Gasteiger partial charge in [-0.2, -0.15) is 0 Å². The highest BCUT2D eigenvalue weighted by molar-refractivity contribution is 5.78. The van der Waals surface area contributed by atoms with Crippen molar-refractivity contribution >= 4 is 11.8 Å². The van der Waals surface area contributed by atoms with Crippen LogP contribution in [0.1, 0.15) is 56.9 Å². The van der Waals surface area contributed by atoms with Gasteiger partial charge in [0.1, 0.15) is 5.75 Å². The Bertz CT molecular complexity index is 713. The number of amides is 2. The fourth-order valence-corrected chi connectivity index (χ4v) is 4.91. The Balaban J connectivity index is 1.28. The highest BCUT2D eigenvalue weighted by Crippen LogP contribution is 2.42. The molecule has 0 N–H and O–H groups in total. The Morgan fingerprint density at radius 2 is 1.96 bits per heavy atom. The van der Waals surface area contributed by atoms with Crippen LogP contribution in [0.5, 0.6) is 5.75 Å².